The molecule has 0 aromatic heterocycles. The number of amides is 1. The number of benzene rings is 2. The van der Waals surface area contributed by atoms with E-state index in [4.69, 9.17) is 17.3 Å². The van der Waals surface area contributed by atoms with E-state index < -0.39 is 0 Å². The molecule has 7 heteroatoms. The van der Waals surface area contributed by atoms with Crippen LogP contribution >= 0.6 is 43.5 Å². The van der Waals surface area contributed by atoms with E-state index in [1.807, 2.05) is 83.1 Å². The third-order valence-corrected chi connectivity index (χ3v) is 6.01. The smallest absolute Gasteiger partial charge is 0.226 e. The number of carbonyl (C=O) groups is 2. The second kappa shape index (κ2) is 14.2. The Labute approximate surface area is 221 Å². The molecular formula is C26H37Br2ClN2O2. The minimum Gasteiger partial charge on any atom is -0.349 e. The zero-order chi connectivity index (χ0) is 26.0. The predicted octanol–water partition coefficient (Wildman–Crippen LogP) is 7.94. The van der Waals surface area contributed by atoms with Crippen LogP contribution in [0.3, 0.4) is 0 Å². The molecule has 0 heterocycles. The molecule has 2 unspecified atom stereocenters. The second-order valence-corrected chi connectivity index (χ2v) is 12.0. The molecule has 0 spiro atoms. The number of carbonyl (C=O) groups excluding carboxylic acids is 2. The van der Waals surface area contributed by atoms with E-state index >= 15 is 0 Å². The van der Waals surface area contributed by atoms with Crippen LogP contribution in [0, 0.1) is 10.8 Å². The quantitative estimate of drug-likeness (QED) is 0.350. The molecule has 0 saturated heterocycles. The Morgan fingerprint density at radius 3 is 1.39 bits per heavy atom. The van der Waals surface area contributed by atoms with Crippen molar-refractivity contribution in [1.29, 1.82) is 0 Å². The summed E-state index contributed by atoms with van der Waals surface area (Å²) in [5.41, 5.74) is 7.21. The molecule has 0 bridgehead atoms. The van der Waals surface area contributed by atoms with Gasteiger partial charge in [-0.15, -0.1) is 0 Å². The summed E-state index contributed by atoms with van der Waals surface area (Å²) in [6.45, 7) is 15.0. The third kappa shape index (κ3) is 13.9. The van der Waals surface area contributed by atoms with Gasteiger partial charge in [0.15, 0.2) is 0 Å². The first-order valence-electron chi connectivity index (χ1n) is 10.7. The van der Waals surface area contributed by atoms with Gasteiger partial charge >= 0.3 is 0 Å². The number of nitrogens with two attached hydrogens (primary N) is 1. The maximum absolute atomic E-state index is 11.8. The lowest BCUT2D eigenvalue weighted by molar-refractivity contribution is -0.129. The Balaban J connectivity index is 0.000000514. The lowest BCUT2D eigenvalue weighted by atomic mass is 9.95. The van der Waals surface area contributed by atoms with Crippen LogP contribution in [0.4, 0.5) is 0 Å². The normalized spacial score (nSPS) is 12.8. The van der Waals surface area contributed by atoms with Gasteiger partial charge in [-0.2, -0.15) is 0 Å². The van der Waals surface area contributed by atoms with E-state index in [1.165, 1.54) is 5.56 Å². The van der Waals surface area contributed by atoms with Crippen molar-refractivity contribution in [1.82, 2.24) is 5.32 Å². The van der Waals surface area contributed by atoms with Gasteiger partial charge in [-0.05, 0) is 60.8 Å². The first kappa shape index (κ1) is 31.8. The summed E-state index contributed by atoms with van der Waals surface area (Å²) in [6.07, 6.45) is 0. The zero-order valence-corrected chi connectivity index (χ0v) is 24.7. The van der Waals surface area contributed by atoms with Gasteiger partial charge in [-0.1, -0.05) is 97.7 Å². The van der Waals surface area contributed by atoms with Crippen molar-refractivity contribution in [3.8, 4) is 0 Å². The number of hydrogen-bond acceptors (Lipinski definition) is 3. The maximum atomic E-state index is 11.8. The third-order valence-electron chi connectivity index (χ3n) is 4.38. The molecule has 2 aromatic carbocycles. The zero-order valence-electron chi connectivity index (χ0n) is 20.8. The Bertz CT molecular complexity index is 869. The van der Waals surface area contributed by atoms with Crippen molar-refractivity contribution >= 4 is 54.6 Å². The highest BCUT2D eigenvalue weighted by atomic mass is 79.9. The molecular weight excluding hydrogens is 568 g/mol. The number of nitrogens with one attached hydrogen (secondary N) is 1. The number of hydrogen-bond donors (Lipinski definition) is 2. The lowest BCUT2D eigenvalue weighted by Crippen LogP contribution is -2.36. The van der Waals surface area contributed by atoms with Crippen molar-refractivity contribution in [2.24, 2.45) is 16.6 Å². The number of rotatable bonds is 3. The monoisotopic (exact) mass is 602 g/mol. The molecule has 0 radical (unpaired) electrons. The van der Waals surface area contributed by atoms with Crippen LogP contribution in [0.15, 0.2) is 57.5 Å². The van der Waals surface area contributed by atoms with E-state index in [0.717, 1.165) is 14.5 Å². The van der Waals surface area contributed by atoms with Crippen molar-refractivity contribution < 1.29 is 9.59 Å². The highest BCUT2D eigenvalue weighted by Crippen LogP contribution is 2.20. The Morgan fingerprint density at radius 1 is 0.788 bits per heavy atom. The summed E-state index contributed by atoms with van der Waals surface area (Å²) in [7, 11) is 0. The maximum Gasteiger partial charge on any atom is 0.226 e. The van der Waals surface area contributed by atoms with Gasteiger partial charge in [0, 0.05) is 25.8 Å². The van der Waals surface area contributed by atoms with E-state index in [1.54, 1.807) is 20.8 Å². The fourth-order valence-electron chi connectivity index (χ4n) is 2.01. The summed E-state index contributed by atoms with van der Waals surface area (Å²) in [4.78, 5) is 22.0. The van der Waals surface area contributed by atoms with Gasteiger partial charge in [0.2, 0.25) is 11.1 Å². The summed E-state index contributed by atoms with van der Waals surface area (Å²) in [5.74, 6) is 0.0721. The molecule has 2 rings (SSSR count). The van der Waals surface area contributed by atoms with Gasteiger partial charge in [0.25, 0.3) is 0 Å². The molecule has 0 aliphatic carbocycles. The average Bonchev–Trinajstić information content (AvgIpc) is 2.68. The molecule has 1 amide bonds. The minimum atomic E-state index is -0.373. The Morgan fingerprint density at radius 2 is 1.12 bits per heavy atom. The van der Waals surface area contributed by atoms with Gasteiger partial charge in [-0.3, -0.25) is 9.59 Å². The first-order chi connectivity index (χ1) is 14.9. The van der Waals surface area contributed by atoms with Crippen molar-refractivity contribution in [3.63, 3.8) is 0 Å². The van der Waals surface area contributed by atoms with Crippen LogP contribution in [0.2, 0.25) is 0 Å². The fraction of sp³-hybridized carbons (Fsp3) is 0.462. The largest absolute Gasteiger partial charge is 0.349 e. The highest BCUT2D eigenvalue weighted by Gasteiger charge is 2.22. The molecule has 0 saturated carbocycles. The standard InChI is InChI=1S/C13H18BrNO.C8H10BrN.C5H9ClO/c1-9(15-12(16)13(2,3)4)10-5-7-11(14)8-6-10;1-6(10)7-2-4-8(9)5-3-7;1-5(2,3)4(6)7/h5-9H,1-4H3,(H,15,16);2-6H,10H2,1H3;1-3H3. The lowest BCUT2D eigenvalue weighted by Gasteiger charge is -2.22. The van der Waals surface area contributed by atoms with E-state index in [9.17, 15) is 9.59 Å². The van der Waals surface area contributed by atoms with Crippen LogP contribution in [-0.4, -0.2) is 11.1 Å². The summed E-state index contributed by atoms with van der Waals surface area (Å²) in [6, 6.07) is 16.2. The molecule has 0 fully saturated rings. The van der Waals surface area contributed by atoms with Gasteiger partial charge in [-0.25, -0.2) is 0 Å². The van der Waals surface area contributed by atoms with Crippen LogP contribution in [0.1, 0.15) is 78.6 Å². The van der Waals surface area contributed by atoms with E-state index in [2.05, 4.69) is 37.2 Å². The molecule has 184 valence electrons. The fourth-order valence-corrected chi connectivity index (χ4v) is 2.54. The predicted molar refractivity (Wildman–Crippen MR) is 147 cm³/mol. The molecule has 0 aliphatic rings. The topological polar surface area (TPSA) is 72.2 Å². The highest BCUT2D eigenvalue weighted by molar-refractivity contribution is 9.10. The summed E-state index contributed by atoms with van der Waals surface area (Å²) < 4.78 is 2.14. The average molecular weight is 605 g/mol. The molecule has 33 heavy (non-hydrogen) atoms. The summed E-state index contributed by atoms with van der Waals surface area (Å²) >= 11 is 11.9. The first-order valence-corrected chi connectivity index (χ1v) is 12.7. The minimum absolute atomic E-state index is 0.0415. The van der Waals surface area contributed by atoms with Crippen LogP contribution in [-0.2, 0) is 9.59 Å². The van der Waals surface area contributed by atoms with Crippen molar-refractivity contribution in [3.05, 3.63) is 68.6 Å². The van der Waals surface area contributed by atoms with E-state index in [-0.39, 0.29) is 34.1 Å². The Hall–Kier alpha value is -1.21. The Kier molecular flexibility index (Phi) is 13.7. The second-order valence-electron chi connectivity index (χ2n) is 9.86. The van der Waals surface area contributed by atoms with E-state index in [0.29, 0.717) is 0 Å². The van der Waals surface area contributed by atoms with Crippen LogP contribution < -0.4 is 11.1 Å². The molecule has 3 N–H and O–H groups in total. The number of halogens is 3. The van der Waals surface area contributed by atoms with Gasteiger partial charge in [0.1, 0.15) is 0 Å². The molecule has 2 atom stereocenters. The van der Waals surface area contributed by atoms with Crippen LogP contribution in [0.25, 0.3) is 0 Å². The molecule has 2 aromatic rings. The summed E-state index contributed by atoms with van der Waals surface area (Å²) in [5, 5.41) is 2.72. The van der Waals surface area contributed by atoms with Crippen molar-refractivity contribution in [2.45, 2.75) is 67.5 Å². The van der Waals surface area contributed by atoms with Crippen molar-refractivity contribution in [2.75, 3.05) is 0 Å². The molecule has 4 nitrogen and oxygen atoms in total. The molecule has 0 aliphatic heterocycles. The SMILES string of the molecule is CC(C)(C)C(=O)Cl.CC(N)c1ccc(Br)cc1.CC(NC(=O)C(C)(C)C)c1ccc(Br)cc1. The van der Waals surface area contributed by atoms with Gasteiger partial charge in [0.05, 0.1) is 6.04 Å². The van der Waals surface area contributed by atoms with Gasteiger partial charge < -0.3 is 11.1 Å². The van der Waals surface area contributed by atoms with Crippen LogP contribution in [0.5, 0.6) is 0 Å².